The molecule has 0 aromatic carbocycles. The lowest BCUT2D eigenvalue weighted by atomic mass is 10.2. The number of ether oxygens (including phenoxy) is 1. The maximum absolute atomic E-state index is 11.8. The first kappa shape index (κ1) is 5.28. The number of hydrogen-bond acceptors (Lipinski definition) is 2. The zero-order valence-corrected chi connectivity index (χ0v) is 4.35. The summed E-state index contributed by atoms with van der Waals surface area (Å²) in [7, 11) is 0. The zero-order chi connectivity index (χ0) is 6.15. The maximum atomic E-state index is 11.8. The fourth-order valence-corrected chi connectivity index (χ4v) is 0.488. The number of carbonyl (C=O) groups excluding carboxylic acids is 1. The van der Waals surface area contributed by atoms with Gasteiger partial charge in [0.05, 0.1) is 5.92 Å². The van der Waals surface area contributed by atoms with Crippen LogP contribution in [0.25, 0.3) is 0 Å². The predicted molar refractivity (Wildman–Crippen MR) is 24.4 cm³/mol. The van der Waals surface area contributed by atoms with E-state index in [1.54, 1.807) is 6.92 Å². The fourth-order valence-electron chi connectivity index (χ4n) is 0.488. The SMILES string of the molecule is CC1C=C(F)OC1=O. The van der Waals surface area contributed by atoms with E-state index in [1.165, 1.54) is 0 Å². The standard InChI is InChI=1S/C5H5FO2/c1-3-2-4(6)8-5(3)7/h2-3H,1H3. The van der Waals surface area contributed by atoms with Crippen molar-refractivity contribution in [1.82, 2.24) is 0 Å². The maximum Gasteiger partial charge on any atom is 0.319 e. The van der Waals surface area contributed by atoms with Crippen molar-refractivity contribution in [3.63, 3.8) is 0 Å². The summed E-state index contributed by atoms with van der Waals surface area (Å²) >= 11 is 0. The van der Waals surface area contributed by atoms with E-state index in [2.05, 4.69) is 4.74 Å². The number of rotatable bonds is 0. The Kier molecular flexibility index (Phi) is 1.04. The van der Waals surface area contributed by atoms with Crippen molar-refractivity contribution >= 4 is 5.97 Å². The summed E-state index contributed by atoms with van der Waals surface area (Å²) in [6, 6.07) is -0.775. The molecular weight excluding hydrogens is 111 g/mol. The van der Waals surface area contributed by atoms with Gasteiger partial charge in [-0.05, 0) is 6.92 Å². The van der Waals surface area contributed by atoms with Gasteiger partial charge in [0.25, 0.3) is 6.01 Å². The van der Waals surface area contributed by atoms with Gasteiger partial charge >= 0.3 is 5.97 Å². The van der Waals surface area contributed by atoms with Crippen LogP contribution in [0.2, 0.25) is 0 Å². The monoisotopic (exact) mass is 116 g/mol. The highest BCUT2D eigenvalue weighted by Gasteiger charge is 2.22. The Morgan fingerprint density at radius 1 is 1.88 bits per heavy atom. The first-order valence-electron chi connectivity index (χ1n) is 2.29. The van der Waals surface area contributed by atoms with Gasteiger partial charge in [0.1, 0.15) is 0 Å². The number of hydrogen-bond donors (Lipinski definition) is 0. The molecule has 44 valence electrons. The molecule has 0 aromatic heterocycles. The quantitative estimate of drug-likeness (QED) is 0.441. The summed E-state index contributed by atoms with van der Waals surface area (Å²) in [4.78, 5) is 10.3. The number of esters is 1. The average Bonchev–Trinajstić information content (AvgIpc) is 1.85. The van der Waals surface area contributed by atoms with Gasteiger partial charge in [0.15, 0.2) is 0 Å². The molecule has 0 radical (unpaired) electrons. The second kappa shape index (κ2) is 1.58. The topological polar surface area (TPSA) is 26.3 Å². The Hall–Kier alpha value is -0.860. The van der Waals surface area contributed by atoms with Gasteiger partial charge < -0.3 is 4.74 Å². The van der Waals surface area contributed by atoms with E-state index >= 15 is 0 Å². The zero-order valence-electron chi connectivity index (χ0n) is 4.35. The second-order valence-corrected chi connectivity index (χ2v) is 1.68. The smallest absolute Gasteiger partial charge is 0.319 e. The molecule has 0 bridgehead atoms. The van der Waals surface area contributed by atoms with E-state index in [1.807, 2.05) is 0 Å². The van der Waals surface area contributed by atoms with E-state index in [0.717, 1.165) is 6.08 Å². The summed E-state index contributed by atoms with van der Waals surface area (Å²) in [5.41, 5.74) is 0. The van der Waals surface area contributed by atoms with Crippen LogP contribution in [0.4, 0.5) is 4.39 Å². The highest BCUT2D eigenvalue weighted by atomic mass is 19.1. The van der Waals surface area contributed by atoms with Gasteiger partial charge in [-0.1, -0.05) is 0 Å². The molecule has 0 aromatic rings. The van der Waals surface area contributed by atoms with E-state index in [4.69, 9.17) is 0 Å². The number of carbonyl (C=O) groups is 1. The first-order valence-corrected chi connectivity index (χ1v) is 2.29. The first-order chi connectivity index (χ1) is 3.70. The van der Waals surface area contributed by atoms with Crippen molar-refractivity contribution in [3.8, 4) is 0 Å². The summed E-state index contributed by atoms with van der Waals surface area (Å²) in [5.74, 6) is -0.919. The minimum atomic E-state index is -0.775. The van der Waals surface area contributed by atoms with Crippen molar-refractivity contribution in [2.45, 2.75) is 6.92 Å². The van der Waals surface area contributed by atoms with Gasteiger partial charge in [-0.2, -0.15) is 4.39 Å². The van der Waals surface area contributed by atoms with E-state index in [0.29, 0.717) is 0 Å². The molecule has 0 saturated heterocycles. The number of halogens is 1. The van der Waals surface area contributed by atoms with E-state index in [9.17, 15) is 9.18 Å². The molecule has 1 aliphatic rings. The molecule has 0 spiro atoms. The Morgan fingerprint density at radius 2 is 2.50 bits per heavy atom. The average molecular weight is 116 g/mol. The molecule has 1 unspecified atom stereocenters. The van der Waals surface area contributed by atoms with Crippen LogP contribution in [0.5, 0.6) is 0 Å². The lowest BCUT2D eigenvalue weighted by Gasteiger charge is -1.89. The molecule has 0 N–H and O–H groups in total. The van der Waals surface area contributed by atoms with Crippen LogP contribution in [0.1, 0.15) is 6.92 Å². The lowest BCUT2D eigenvalue weighted by molar-refractivity contribution is -0.141. The van der Waals surface area contributed by atoms with Crippen molar-refractivity contribution in [3.05, 3.63) is 12.1 Å². The van der Waals surface area contributed by atoms with Crippen LogP contribution in [-0.2, 0) is 9.53 Å². The third-order valence-corrected chi connectivity index (χ3v) is 0.951. The van der Waals surface area contributed by atoms with Crippen LogP contribution in [0.15, 0.2) is 12.1 Å². The van der Waals surface area contributed by atoms with Crippen molar-refractivity contribution in [1.29, 1.82) is 0 Å². The third-order valence-electron chi connectivity index (χ3n) is 0.951. The molecule has 1 aliphatic heterocycles. The summed E-state index contributed by atoms with van der Waals surface area (Å²) < 4.78 is 15.9. The van der Waals surface area contributed by atoms with Crippen molar-refractivity contribution < 1.29 is 13.9 Å². The Balaban J connectivity index is 2.69. The Labute approximate surface area is 45.9 Å². The molecular formula is C5H5FO2. The van der Waals surface area contributed by atoms with Crippen LogP contribution >= 0.6 is 0 Å². The molecule has 3 heteroatoms. The number of cyclic esters (lactones) is 1. The van der Waals surface area contributed by atoms with Gasteiger partial charge in [0.2, 0.25) is 0 Å². The lowest BCUT2D eigenvalue weighted by Crippen LogP contribution is -2.02. The van der Waals surface area contributed by atoms with Crippen LogP contribution < -0.4 is 0 Å². The molecule has 2 nitrogen and oxygen atoms in total. The summed E-state index contributed by atoms with van der Waals surface area (Å²) in [5, 5.41) is 0. The third kappa shape index (κ3) is 0.710. The predicted octanol–water partition coefficient (Wildman–Crippen LogP) is 0.990. The van der Waals surface area contributed by atoms with Gasteiger partial charge in [-0.3, -0.25) is 4.79 Å². The molecule has 1 heterocycles. The minimum Gasteiger partial charge on any atom is -0.398 e. The van der Waals surface area contributed by atoms with Crippen molar-refractivity contribution in [2.24, 2.45) is 5.92 Å². The molecule has 0 saturated carbocycles. The van der Waals surface area contributed by atoms with Crippen molar-refractivity contribution in [2.75, 3.05) is 0 Å². The molecule has 1 rings (SSSR count). The highest BCUT2D eigenvalue weighted by Crippen LogP contribution is 2.16. The normalized spacial score (nSPS) is 27.5. The molecule has 0 amide bonds. The molecule has 0 aliphatic carbocycles. The van der Waals surface area contributed by atoms with Gasteiger partial charge in [0, 0.05) is 6.08 Å². The van der Waals surface area contributed by atoms with E-state index in [-0.39, 0.29) is 0 Å². The fraction of sp³-hybridized carbons (Fsp3) is 0.400. The Bertz CT molecular complexity index is 151. The minimum absolute atomic E-state index is 0.407. The molecule has 8 heavy (non-hydrogen) atoms. The summed E-state index contributed by atoms with van der Waals surface area (Å²) in [6.07, 6.45) is 1.14. The van der Waals surface area contributed by atoms with E-state index < -0.39 is 17.9 Å². The summed E-state index contributed by atoms with van der Waals surface area (Å²) in [6.45, 7) is 1.58. The second-order valence-electron chi connectivity index (χ2n) is 1.68. The highest BCUT2D eigenvalue weighted by molar-refractivity contribution is 5.77. The molecule has 0 fully saturated rings. The van der Waals surface area contributed by atoms with Crippen LogP contribution in [0.3, 0.4) is 0 Å². The largest absolute Gasteiger partial charge is 0.398 e. The van der Waals surface area contributed by atoms with Crippen LogP contribution in [0, 0.1) is 5.92 Å². The molecule has 1 atom stereocenters. The van der Waals surface area contributed by atoms with Crippen LogP contribution in [-0.4, -0.2) is 5.97 Å². The Morgan fingerprint density at radius 3 is 2.62 bits per heavy atom. The van der Waals surface area contributed by atoms with Gasteiger partial charge in [-0.15, -0.1) is 0 Å². The van der Waals surface area contributed by atoms with Gasteiger partial charge in [-0.25, -0.2) is 0 Å².